The number of primary amides is 1. The molecule has 6 nitrogen and oxygen atoms in total. The van der Waals surface area contributed by atoms with E-state index in [9.17, 15) is 18.8 Å². The van der Waals surface area contributed by atoms with Gasteiger partial charge >= 0.3 is 0 Å². The van der Waals surface area contributed by atoms with Crippen molar-refractivity contribution in [3.8, 4) is 0 Å². The van der Waals surface area contributed by atoms with Crippen molar-refractivity contribution >= 4 is 17.7 Å². The molecule has 0 fully saturated rings. The van der Waals surface area contributed by atoms with E-state index in [4.69, 9.17) is 5.73 Å². The molecule has 2 aromatic carbocycles. The number of halogens is 1. The zero-order valence-corrected chi connectivity index (χ0v) is 18.4. The first-order chi connectivity index (χ1) is 14.5. The molecule has 0 aliphatic heterocycles. The summed E-state index contributed by atoms with van der Waals surface area (Å²) in [6.07, 6.45) is 0.155. The smallest absolute Gasteiger partial charge is 0.243 e. The van der Waals surface area contributed by atoms with Crippen LogP contribution in [0.15, 0.2) is 48.5 Å². The minimum absolute atomic E-state index is 0.00583. The average Bonchev–Trinajstić information content (AvgIpc) is 2.67. The van der Waals surface area contributed by atoms with Crippen molar-refractivity contribution in [3.05, 3.63) is 71.0 Å². The number of carbonyl (C=O) groups is 3. The van der Waals surface area contributed by atoms with Gasteiger partial charge in [0.05, 0.1) is 0 Å². The van der Waals surface area contributed by atoms with Gasteiger partial charge < -0.3 is 16.4 Å². The largest absolute Gasteiger partial charge is 0.368 e. The lowest BCUT2D eigenvalue weighted by Crippen LogP contribution is -2.54. The van der Waals surface area contributed by atoms with Gasteiger partial charge in [-0.3, -0.25) is 14.4 Å². The number of hydrogen-bond donors (Lipinski definition) is 3. The summed E-state index contributed by atoms with van der Waals surface area (Å²) in [7, 11) is 0. The van der Waals surface area contributed by atoms with Crippen LogP contribution in [-0.4, -0.2) is 29.8 Å². The quantitative estimate of drug-likeness (QED) is 0.603. The number of nitrogens with one attached hydrogen (secondary N) is 2. The fourth-order valence-corrected chi connectivity index (χ4v) is 3.21. The Labute approximate surface area is 182 Å². The molecule has 0 unspecified atom stereocenters. The second kappa shape index (κ2) is 10.2. The molecule has 0 bridgehead atoms. The molecule has 0 aliphatic rings. The van der Waals surface area contributed by atoms with Gasteiger partial charge in [-0.15, -0.1) is 0 Å². The maximum Gasteiger partial charge on any atom is 0.243 e. The molecule has 0 aromatic heterocycles. The molecule has 7 heteroatoms. The standard InChI is InChI=1S/C24H30FN3O3/c1-15(29)27-21(14-17-7-5-6-8-19(17)25)23(31)28-20(22(26)30)13-16-9-11-18(12-10-16)24(2,3)4/h5-12,20-21H,13-14H2,1-4H3,(H2,26,30)(H,27,29)(H,28,31)/t20-,21-/m1/s1. The third-order valence-electron chi connectivity index (χ3n) is 5.00. The van der Waals surface area contributed by atoms with Gasteiger partial charge in [-0.2, -0.15) is 0 Å². The predicted molar refractivity (Wildman–Crippen MR) is 118 cm³/mol. The Morgan fingerprint density at radius 2 is 1.55 bits per heavy atom. The molecule has 2 aromatic rings. The van der Waals surface area contributed by atoms with E-state index in [0.29, 0.717) is 0 Å². The van der Waals surface area contributed by atoms with Crippen LogP contribution in [-0.2, 0) is 32.6 Å². The highest BCUT2D eigenvalue weighted by atomic mass is 19.1. The summed E-state index contributed by atoms with van der Waals surface area (Å²) in [6.45, 7) is 7.58. The minimum Gasteiger partial charge on any atom is -0.368 e. The van der Waals surface area contributed by atoms with Crippen molar-refractivity contribution in [3.63, 3.8) is 0 Å². The lowest BCUT2D eigenvalue weighted by Gasteiger charge is -2.22. The minimum atomic E-state index is -1.04. The molecule has 2 atom stereocenters. The number of amides is 3. The Kier molecular flexibility index (Phi) is 7.91. The van der Waals surface area contributed by atoms with E-state index in [1.807, 2.05) is 24.3 Å². The second-order valence-electron chi connectivity index (χ2n) is 8.66. The van der Waals surface area contributed by atoms with Crippen molar-refractivity contribution in [1.29, 1.82) is 0 Å². The van der Waals surface area contributed by atoms with E-state index < -0.39 is 35.6 Å². The van der Waals surface area contributed by atoms with Crippen molar-refractivity contribution in [2.75, 3.05) is 0 Å². The lowest BCUT2D eigenvalue weighted by atomic mass is 9.86. The molecule has 0 radical (unpaired) electrons. The van der Waals surface area contributed by atoms with Crippen LogP contribution in [0.1, 0.15) is 44.4 Å². The van der Waals surface area contributed by atoms with Gasteiger partial charge in [-0.1, -0.05) is 63.2 Å². The van der Waals surface area contributed by atoms with E-state index in [1.54, 1.807) is 18.2 Å². The number of hydrogen-bond acceptors (Lipinski definition) is 3. The van der Waals surface area contributed by atoms with Crippen LogP contribution >= 0.6 is 0 Å². The zero-order chi connectivity index (χ0) is 23.2. The number of rotatable bonds is 8. The zero-order valence-electron chi connectivity index (χ0n) is 18.4. The molecule has 0 spiro atoms. The topological polar surface area (TPSA) is 101 Å². The van der Waals surface area contributed by atoms with Crippen molar-refractivity contribution in [2.45, 2.75) is 58.0 Å². The Morgan fingerprint density at radius 3 is 2.06 bits per heavy atom. The molecule has 31 heavy (non-hydrogen) atoms. The first-order valence-corrected chi connectivity index (χ1v) is 10.2. The molecule has 2 rings (SSSR count). The summed E-state index contributed by atoms with van der Waals surface area (Å²) >= 11 is 0. The Bertz CT molecular complexity index is 936. The van der Waals surface area contributed by atoms with Crippen LogP contribution in [0.4, 0.5) is 4.39 Å². The molecular formula is C24H30FN3O3. The molecule has 166 valence electrons. The van der Waals surface area contributed by atoms with Gasteiger partial charge in [0, 0.05) is 19.8 Å². The summed E-state index contributed by atoms with van der Waals surface area (Å²) < 4.78 is 14.0. The van der Waals surface area contributed by atoms with E-state index in [2.05, 4.69) is 31.4 Å². The van der Waals surface area contributed by atoms with Gasteiger partial charge in [-0.25, -0.2) is 4.39 Å². The van der Waals surface area contributed by atoms with Gasteiger partial charge in [-0.05, 0) is 28.2 Å². The van der Waals surface area contributed by atoms with E-state index >= 15 is 0 Å². The van der Waals surface area contributed by atoms with Gasteiger partial charge in [0.1, 0.15) is 17.9 Å². The molecule has 0 saturated carbocycles. The molecule has 0 aliphatic carbocycles. The van der Waals surface area contributed by atoms with E-state index in [1.165, 1.54) is 13.0 Å². The van der Waals surface area contributed by atoms with Crippen LogP contribution in [0, 0.1) is 5.82 Å². The van der Waals surface area contributed by atoms with Crippen LogP contribution in [0.25, 0.3) is 0 Å². The lowest BCUT2D eigenvalue weighted by molar-refractivity contribution is -0.130. The third-order valence-corrected chi connectivity index (χ3v) is 5.00. The maximum atomic E-state index is 14.0. The first-order valence-electron chi connectivity index (χ1n) is 10.2. The number of nitrogens with two attached hydrogens (primary N) is 1. The molecule has 3 amide bonds. The SMILES string of the molecule is CC(=O)N[C@H](Cc1ccccc1F)C(=O)N[C@H](Cc1ccc(C(C)(C)C)cc1)C(N)=O. The molecular weight excluding hydrogens is 397 g/mol. The highest BCUT2D eigenvalue weighted by molar-refractivity contribution is 5.91. The Hall–Kier alpha value is -3.22. The first kappa shape index (κ1) is 24.1. The molecule has 0 heterocycles. The average molecular weight is 428 g/mol. The highest BCUT2D eigenvalue weighted by Crippen LogP contribution is 2.22. The van der Waals surface area contributed by atoms with Crippen molar-refractivity contribution in [1.82, 2.24) is 10.6 Å². The summed E-state index contributed by atoms with van der Waals surface area (Å²) in [5, 5.41) is 5.12. The Balaban J connectivity index is 2.15. The van der Waals surface area contributed by atoms with Gasteiger partial charge in [0.15, 0.2) is 0 Å². The van der Waals surface area contributed by atoms with Gasteiger partial charge in [0.25, 0.3) is 0 Å². The summed E-state index contributed by atoms with van der Waals surface area (Å²) in [5.41, 5.74) is 7.77. The van der Waals surface area contributed by atoms with Crippen LogP contribution in [0.3, 0.4) is 0 Å². The fraction of sp³-hybridized carbons (Fsp3) is 0.375. The van der Waals surface area contributed by atoms with Gasteiger partial charge in [0.2, 0.25) is 17.7 Å². The van der Waals surface area contributed by atoms with Crippen LogP contribution < -0.4 is 16.4 Å². The summed E-state index contributed by atoms with van der Waals surface area (Å²) in [4.78, 5) is 36.4. The van der Waals surface area contributed by atoms with Crippen LogP contribution in [0.2, 0.25) is 0 Å². The fourth-order valence-electron chi connectivity index (χ4n) is 3.21. The third kappa shape index (κ3) is 7.20. The van der Waals surface area contributed by atoms with Crippen molar-refractivity contribution in [2.24, 2.45) is 5.73 Å². The van der Waals surface area contributed by atoms with Crippen LogP contribution in [0.5, 0.6) is 0 Å². The normalized spacial score (nSPS) is 13.2. The monoisotopic (exact) mass is 427 g/mol. The molecule has 4 N–H and O–H groups in total. The van der Waals surface area contributed by atoms with E-state index in [-0.39, 0.29) is 23.8 Å². The summed E-state index contributed by atoms with van der Waals surface area (Å²) in [5.74, 6) is -2.21. The van der Waals surface area contributed by atoms with Crippen molar-refractivity contribution < 1.29 is 18.8 Å². The highest BCUT2D eigenvalue weighted by Gasteiger charge is 2.26. The molecule has 0 saturated heterocycles. The predicted octanol–water partition coefficient (Wildman–Crippen LogP) is 2.38. The maximum absolute atomic E-state index is 14.0. The summed E-state index contributed by atoms with van der Waals surface area (Å²) in [6, 6.07) is 11.8. The Morgan fingerprint density at radius 1 is 0.935 bits per heavy atom. The van der Waals surface area contributed by atoms with E-state index in [0.717, 1.165) is 11.1 Å². The number of benzene rings is 2. The number of carbonyl (C=O) groups excluding carboxylic acids is 3. The second-order valence-corrected chi connectivity index (χ2v) is 8.66.